The largest absolute Gasteiger partial charge is 0.468 e. The summed E-state index contributed by atoms with van der Waals surface area (Å²) in [6.07, 6.45) is 7.81. The van der Waals surface area contributed by atoms with Crippen molar-refractivity contribution in [3.05, 3.63) is 23.7 Å². The van der Waals surface area contributed by atoms with Crippen molar-refractivity contribution in [1.29, 1.82) is 0 Å². The number of nitrogens with zero attached hydrogens (tertiary/aromatic N) is 2. The minimum Gasteiger partial charge on any atom is -0.468 e. The number of methoxy groups -OCH3 is 1. The number of hydrogen-bond acceptors (Lipinski definition) is 8. The highest BCUT2D eigenvalue weighted by molar-refractivity contribution is 8.00. The number of anilines is 1. The van der Waals surface area contributed by atoms with Gasteiger partial charge in [-0.05, 0) is 18.9 Å². The van der Waals surface area contributed by atoms with E-state index in [0.717, 1.165) is 9.47 Å². The molecule has 0 aliphatic heterocycles. The second-order valence-corrected chi connectivity index (χ2v) is 7.59. The number of nitrogens with one attached hydrogen (secondary N) is 1. The van der Waals surface area contributed by atoms with E-state index in [-0.39, 0.29) is 5.97 Å². The zero-order chi connectivity index (χ0) is 16.1. The molecule has 1 aliphatic rings. The lowest BCUT2D eigenvalue weighted by Crippen LogP contribution is -2.21. The molecule has 23 heavy (non-hydrogen) atoms. The van der Waals surface area contributed by atoms with E-state index in [1.54, 1.807) is 17.4 Å². The van der Waals surface area contributed by atoms with Crippen molar-refractivity contribution in [1.82, 2.24) is 10.2 Å². The number of aromatic nitrogens is 2. The molecule has 0 radical (unpaired) electrons. The Hall–Kier alpha value is -1.54. The Bertz CT molecular complexity index is 650. The third-order valence-corrected chi connectivity index (χ3v) is 5.80. The molecule has 2 heterocycles. The zero-order valence-electron chi connectivity index (χ0n) is 12.9. The van der Waals surface area contributed by atoms with Gasteiger partial charge in [-0.1, -0.05) is 42.4 Å². The van der Waals surface area contributed by atoms with Crippen LogP contribution in [0.1, 0.15) is 48.2 Å². The van der Waals surface area contributed by atoms with Crippen LogP contribution >= 0.6 is 23.1 Å². The maximum absolute atomic E-state index is 11.6. The van der Waals surface area contributed by atoms with Crippen molar-refractivity contribution in [2.24, 2.45) is 0 Å². The molecule has 8 heteroatoms. The fourth-order valence-corrected chi connectivity index (χ4v) is 4.40. The summed E-state index contributed by atoms with van der Waals surface area (Å²) >= 11 is 3.05. The van der Waals surface area contributed by atoms with Gasteiger partial charge in [0, 0.05) is 6.04 Å². The molecule has 1 aliphatic carbocycles. The molecule has 2 aromatic heterocycles. The van der Waals surface area contributed by atoms with Crippen LogP contribution in [0.25, 0.3) is 0 Å². The Morgan fingerprint density at radius 1 is 1.43 bits per heavy atom. The van der Waals surface area contributed by atoms with Crippen molar-refractivity contribution < 1.29 is 13.9 Å². The summed E-state index contributed by atoms with van der Waals surface area (Å²) in [7, 11) is 1.36. The summed E-state index contributed by atoms with van der Waals surface area (Å²) in [5, 5.41) is 12.7. The number of ether oxygens (including phenoxy) is 1. The lowest BCUT2D eigenvalue weighted by atomic mass is 9.96. The Balaban J connectivity index is 1.55. The molecular formula is C15H19N3O3S2. The molecule has 0 bridgehead atoms. The maximum atomic E-state index is 11.6. The van der Waals surface area contributed by atoms with Gasteiger partial charge in [0.25, 0.3) is 0 Å². The highest BCUT2D eigenvalue weighted by atomic mass is 32.2. The first-order chi connectivity index (χ1) is 11.3. The SMILES string of the molecule is COC(=O)c1ccoc1CSc1nnc(NC2CCCCC2)s1. The van der Waals surface area contributed by atoms with E-state index in [1.807, 2.05) is 0 Å². The van der Waals surface area contributed by atoms with Crippen molar-refractivity contribution in [3.8, 4) is 0 Å². The van der Waals surface area contributed by atoms with Gasteiger partial charge in [-0.15, -0.1) is 10.2 Å². The molecule has 3 rings (SSSR count). The Kier molecular flexibility index (Phi) is 5.56. The molecule has 0 amide bonds. The Labute approximate surface area is 143 Å². The van der Waals surface area contributed by atoms with E-state index in [9.17, 15) is 4.79 Å². The normalized spacial score (nSPS) is 15.5. The van der Waals surface area contributed by atoms with Gasteiger partial charge in [0.05, 0.1) is 19.1 Å². The van der Waals surface area contributed by atoms with Crippen LogP contribution in [0, 0.1) is 0 Å². The summed E-state index contributed by atoms with van der Waals surface area (Å²) in [5.41, 5.74) is 0.463. The van der Waals surface area contributed by atoms with Gasteiger partial charge >= 0.3 is 5.97 Å². The highest BCUT2D eigenvalue weighted by Gasteiger charge is 2.17. The molecule has 2 aromatic rings. The average Bonchev–Trinajstić information content (AvgIpc) is 3.22. The molecule has 0 spiro atoms. The number of furan rings is 1. The van der Waals surface area contributed by atoms with Gasteiger partial charge in [-0.3, -0.25) is 0 Å². The minimum atomic E-state index is -0.383. The minimum absolute atomic E-state index is 0.383. The van der Waals surface area contributed by atoms with E-state index < -0.39 is 0 Å². The molecule has 124 valence electrons. The van der Waals surface area contributed by atoms with Crippen LogP contribution in [0.5, 0.6) is 0 Å². The predicted octanol–water partition coefficient (Wildman–Crippen LogP) is 3.95. The van der Waals surface area contributed by atoms with E-state index in [2.05, 4.69) is 15.5 Å². The number of carbonyl (C=O) groups is 1. The first-order valence-corrected chi connectivity index (χ1v) is 9.44. The van der Waals surface area contributed by atoms with Crippen LogP contribution in [0.4, 0.5) is 5.13 Å². The van der Waals surface area contributed by atoms with Crippen molar-refractivity contribution in [3.63, 3.8) is 0 Å². The summed E-state index contributed by atoms with van der Waals surface area (Å²) < 4.78 is 10.9. The first-order valence-electron chi connectivity index (χ1n) is 7.64. The van der Waals surface area contributed by atoms with Crippen LogP contribution < -0.4 is 5.32 Å². The second-order valence-electron chi connectivity index (χ2n) is 5.39. The Morgan fingerprint density at radius 2 is 2.26 bits per heavy atom. The van der Waals surface area contributed by atoms with E-state index in [1.165, 1.54) is 57.2 Å². The topological polar surface area (TPSA) is 77.2 Å². The van der Waals surface area contributed by atoms with Gasteiger partial charge in [0.1, 0.15) is 11.3 Å². The molecular weight excluding hydrogens is 334 g/mol. The molecule has 1 saturated carbocycles. The number of hydrogen-bond donors (Lipinski definition) is 1. The highest BCUT2D eigenvalue weighted by Crippen LogP contribution is 2.31. The fraction of sp³-hybridized carbons (Fsp3) is 0.533. The number of thioether (sulfide) groups is 1. The van der Waals surface area contributed by atoms with E-state index >= 15 is 0 Å². The zero-order valence-corrected chi connectivity index (χ0v) is 14.5. The van der Waals surface area contributed by atoms with Crippen LogP contribution in [-0.4, -0.2) is 29.3 Å². The number of rotatable bonds is 6. The van der Waals surface area contributed by atoms with Crippen LogP contribution in [0.15, 0.2) is 21.1 Å². The molecule has 1 N–H and O–H groups in total. The monoisotopic (exact) mass is 353 g/mol. The predicted molar refractivity (Wildman–Crippen MR) is 90.0 cm³/mol. The lowest BCUT2D eigenvalue weighted by Gasteiger charge is -2.21. The molecule has 0 unspecified atom stereocenters. The Morgan fingerprint density at radius 3 is 3.04 bits per heavy atom. The van der Waals surface area contributed by atoms with E-state index in [4.69, 9.17) is 9.15 Å². The van der Waals surface area contributed by atoms with E-state index in [0.29, 0.717) is 23.1 Å². The fourth-order valence-electron chi connectivity index (χ4n) is 2.62. The quantitative estimate of drug-likeness (QED) is 0.622. The van der Waals surface area contributed by atoms with Gasteiger partial charge in [-0.25, -0.2) is 4.79 Å². The molecule has 1 fully saturated rings. The molecule has 0 atom stereocenters. The first kappa shape index (κ1) is 16.3. The van der Waals surface area contributed by atoms with Crippen LogP contribution in [0.3, 0.4) is 0 Å². The smallest absolute Gasteiger partial charge is 0.341 e. The molecule has 0 aromatic carbocycles. The number of esters is 1. The molecule has 0 saturated heterocycles. The van der Waals surface area contributed by atoms with Gasteiger partial charge in [-0.2, -0.15) is 0 Å². The standard InChI is InChI=1S/C15H19N3O3S2/c1-20-13(19)11-7-8-21-12(11)9-22-15-18-17-14(23-15)16-10-5-3-2-4-6-10/h7-8,10H,2-6,9H2,1H3,(H,16,17). The summed E-state index contributed by atoms with van der Waals surface area (Å²) in [5.74, 6) is 0.736. The summed E-state index contributed by atoms with van der Waals surface area (Å²) in [4.78, 5) is 11.6. The van der Waals surface area contributed by atoms with Crippen LogP contribution in [0.2, 0.25) is 0 Å². The van der Waals surface area contributed by atoms with Gasteiger partial charge < -0.3 is 14.5 Å². The molecule has 6 nitrogen and oxygen atoms in total. The maximum Gasteiger partial charge on any atom is 0.341 e. The summed E-state index contributed by atoms with van der Waals surface area (Å²) in [6, 6.07) is 2.14. The van der Waals surface area contributed by atoms with Gasteiger partial charge in [0.2, 0.25) is 5.13 Å². The third-order valence-electron chi connectivity index (χ3n) is 3.82. The summed E-state index contributed by atoms with van der Waals surface area (Å²) in [6.45, 7) is 0. The van der Waals surface area contributed by atoms with Crippen molar-refractivity contribution in [2.45, 2.75) is 48.2 Å². The second kappa shape index (κ2) is 7.83. The number of carbonyl (C=O) groups excluding carboxylic acids is 1. The van der Waals surface area contributed by atoms with Gasteiger partial charge in [0.15, 0.2) is 4.34 Å². The third kappa shape index (κ3) is 4.26. The lowest BCUT2D eigenvalue weighted by molar-refractivity contribution is 0.0598. The van der Waals surface area contributed by atoms with Crippen molar-refractivity contribution in [2.75, 3.05) is 12.4 Å². The average molecular weight is 353 g/mol. The van der Waals surface area contributed by atoms with Crippen LogP contribution in [-0.2, 0) is 10.5 Å². The van der Waals surface area contributed by atoms with Crippen molar-refractivity contribution >= 4 is 34.2 Å².